The van der Waals surface area contributed by atoms with Crippen molar-refractivity contribution in [3.05, 3.63) is 26.3 Å². The van der Waals surface area contributed by atoms with Crippen LogP contribution in [-0.4, -0.2) is 10.8 Å². The van der Waals surface area contributed by atoms with Gasteiger partial charge in [0, 0.05) is 19.2 Å². The van der Waals surface area contributed by atoms with Crippen LogP contribution >= 0.6 is 43.2 Å². The zero-order valence-electron chi connectivity index (χ0n) is 7.58. The minimum absolute atomic E-state index is 0.0171. The second-order valence-electron chi connectivity index (χ2n) is 2.82. The molecule has 0 aliphatic carbocycles. The van der Waals surface area contributed by atoms with Gasteiger partial charge in [-0.2, -0.15) is 0 Å². The van der Waals surface area contributed by atoms with E-state index in [2.05, 4.69) is 36.8 Å². The fraction of sp³-hybridized carbons (Fsp3) is 0.111. The van der Waals surface area contributed by atoms with Gasteiger partial charge in [0.25, 0.3) is 0 Å². The number of ketones is 1. The zero-order chi connectivity index (χ0) is 11.0. The average molecular weight is 351 g/mol. The summed E-state index contributed by atoms with van der Waals surface area (Å²) in [5.41, 5.74) is 0. The van der Waals surface area contributed by atoms with Gasteiger partial charge in [-0.25, -0.2) is 4.98 Å². The van der Waals surface area contributed by atoms with Crippen molar-refractivity contribution in [2.75, 3.05) is 0 Å². The first-order chi connectivity index (χ1) is 7.08. The van der Waals surface area contributed by atoms with E-state index in [4.69, 9.17) is 4.42 Å². The number of Topliss-reactive ketones (excluding diaryl/α,β-unsaturated/α-hetero) is 1. The maximum Gasteiger partial charge on any atom is 0.184 e. The molecule has 0 N–H and O–H groups in total. The molecule has 2 aromatic heterocycles. The molecule has 0 fully saturated rings. The number of hydrogen-bond acceptors (Lipinski definition) is 4. The fourth-order valence-corrected chi connectivity index (χ4v) is 2.34. The molecule has 0 saturated carbocycles. The third kappa shape index (κ3) is 2.21. The van der Waals surface area contributed by atoms with Gasteiger partial charge in [-0.3, -0.25) is 4.79 Å². The Morgan fingerprint density at radius 3 is 2.73 bits per heavy atom. The summed E-state index contributed by atoms with van der Waals surface area (Å²) < 4.78 is 6.85. The van der Waals surface area contributed by atoms with E-state index in [0.717, 1.165) is 4.47 Å². The summed E-state index contributed by atoms with van der Waals surface area (Å²) in [6, 6.07) is 1.81. The van der Waals surface area contributed by atoms with E-state index in [9.17, 15) is 4.79 Å². The van der Waals surface area contributed by atoms with Crippen LogP contribution in [0.4, 0.5) is 0 Å². The summed E-state index contributed by atoms with van der Waals surface area (Å²) in [4.78, 5) is 15.8. The normalized spacial score (nSPS) is 10.6. The molecule has 0 bridgehead atoms. The van der Waals surface area contributed by atoms with Gasteiger partial charge in [-0.15, -0.1) is 11.3 Å². The summed E-state index contributed by atoms with van der Waals surface area (Å²) in [6.07, 6.45) is 1.56. The highest BCUT2D eigenvalue weighted by Crippen LogP contribution is 2.34. The summed E-state index contributed by atoms with van der Waals surface area (Å²) >= 11 is 7.88. The lowest BCUT2D eigenvalue weighted by atomic mass is 10.4. The molecule has 0 atom stereocenters. The van der Waals surface area contributed by atoms with Gasteiger partial charge in [0.05, 0.1) is 9.35 Å². The quantitative estimate of drug-likeness (QED) is 0.765. The van der Waals surface area contributed by atoms with E-state index in [0.29, 0.717) is 20.3 Å². The smallest absolute Gasteiger partial charge is 0.184 e. The Bertz CT molecular complexity index is 498. The molecule has 0 saturated heterocycles. The van der Waals surface area contributed by atoms with Gasteiger partial charge < -0.3 is 4.42 Å². The molecule has 2 rings (SSSR count). The van der Waals surface area contributed by atoms with Crippen LogP contribution in [0.3, 0.4) is 0 Å². The third-order valence-corrected chi connectivity index (χ3v) is 4.53. The van der Waals surface area contributed by atoms with Crippen molar-refractivity contribution in [1.82, 2.24) is 4.98 Å². The number of thiazole rings is 1. The predicted octanol–water partition coefficient (Wildman–Crippen LogP) is 4.13. The van der Waals surface area contributed by atoms with Crippen LogP contribution in [0, 0.1) is 0 Å². The first kappa shape index (κ1) is 11.0. The standard InChI is InChI=1S/C9H5Br2NO2S/c1-4(13)7-3-12-9(15-7)6-2-5(10)8(11)14-6/h2-3H,1H3. The predicted molar refractivity (Wildman–Crippen MR) is 65.2 cm³/mol. The SMILES string of the molecule is CC(=O)c1cnc(-c2cc(Br)c(Br)o2)s1. The lowest BCUT2D eigenvalue weighted by Crippen LogP contribution is -1.83. The van der Waals surface area contributed by atoms with Crippen molar-refractivity contribution in [3.8, 4) is 10.8 Å². The maximum atomic E-state index is 11.1. The molecule has 2 aromatic rings. The molecular weight excluding hydrogens is 346 g/mol. The molecule has 2 heterocycles. The molecule has 0 amide bonds. The molecule has 0 aliphatic heterocycles. The monoisotopic (exact) mass is 349 g/mol. The van der Waals surface area contributed by atoms with E-state index in [1.54, 1.807) is 6.20 Å². The van der Waals surface area contributed by atoms with E-state index in [-0.39, 0.29) is 5.78 Å². The van der Waals surface area contributed by atoms with E-state index in [1.807, 2.05) is 6.07 Å². The van der Waals surface area contributed by atoms with Crippen molar-refractivity contribution in [2.24, 2.45) is 0 Å². The van der Waals surface area contributed by atoms with Crippen LogP contribution in [0.2, 0.25) is 0 Å². The number of carbonyl (C=O) groups is 1. The fourth-order valence-electron chi connectivity index (χ4n) is 1.00. The second-order valence-corrected chi connectivity index (χ2v) is 5.42. The molecule has 78 valence electrons. The lowest BCUT2D eigenvalue weighted by molar-refractivity contribution is 0.102. The number of rotatable bonds is 2. The topological polar surface area (TPSA) is 43.1 Å². The molecule has 0 unspecified atom stereocenters. The van der Waals surface area contributed by atoms with Crippen LogP contribution in [0.15, 0.2) is 25.8 Å². The molecule has 0 radical (unpaired) electrons. The van der Waals surface area contributed by atoms with Crippen LogP contribution in [-0.2, 0) is 0 Å². The maximum absolute atomic E-state index is 11.1. The number of halogens is 2. The minimum atomic E-state index is 0.0171. The number of aromatic nitrogens is 1. The molecular formula is C9H5Br2NO2S. The zero-order valence-corrected chi connectivity index (χ0v) is 11.6. The molecule has 3 nitrogen and oxygen atoms in total. The third-order valence-electron chi connectivity index (χ3n) is 1.71. The highest BCUT2D eigenvalue weighted by atomic mass is 79.9. The lowest BCUT2D eigenvalue weighted by Gasteiger charge is -1.86. The van der Waals surface area contributed by atoms with Crippen LogP contribution in [0.5, 0.6) is 0 Å². The molecule has 0 aliphatic rings. The van der Waals surface area contributed by atoms with Crippen molar-refractivity contribution in [2.45, 2.75) is 6.92 Å². The summed E-state index contributed by atoms with van der Waals surface area (Å²) in [5.74, 6) is 0.662. The first-order valence-electron chi connectivity index (χ1n) is 4.00. The molecule has 15 heavy (non-hydrogen) atoms. The highest BCUT2D eigenvalue weighted by Gasteiger charge is 2.13. The number of hydrogen-bond donors (Lipinski definition) is 0. The van der Waals surface area contributed by atoms with Crippen molar-refractivity contribution in [3.63, 3.8) is 0 Å². The van der Waals surface area contributed by atoms with Gasteiger partial charge in [0.2, 0.25) is 0 Å². The number of furan rings is 1. The second kappa shape index (κ2) is 4.19. The van der Waals surface area contributed by atoms with Gasteiger partial charge in [0.1, 0.15) is 0 Å². The summed E-state index contributed by atoms with van der Waals surface area (Å²) in [7, 11) is 0. The Hall–Kier alpha value is -0.460. The largest absolute Gasteiger partial charge is 0.446 e. The van der Waals surface area contributed by atoms with E-state index >= 15 is 0 Å². The summed E-state index contributed by atoms with van der Waals surface area (Å²) in [6.45, 7) is 1.52. The van der Waals surface area contributed by atoms with Gasteiger partial charge in [-0.05, 0) is 31.9 Å². The van der Waals surface area contributed by atoms with E-state index < -0.39 is 0 Å². The first-order valence-corrected chi connectivity index (χ1v) is 6.40. The van der Waals surface area contributed by atoms with E-state index in [1.165, 1.54) is 18.3 Å². The van der Waals surface area contributed by atoms with Crippen molar-refractivity contribution in [1.29, 1.82) is 0 Å². The van der Waals surface area contributed by atoms with Crippen LogP contribution in [0.1, 0.15) is 16.6 Å². The Morgan fingerprint density at radius 2 is 2.27 bits per heavy atom. The number of carbonyl (C=O) groups excluding carboxylic acids is 1. The Kier molecular flexibility index (Phi) is 3.08. The Balaban J connectivity index is 2.41. The van der Waals surface area contributed by atoms with Crippen LogP contribution in [0.25, 0.3) is 10.8 Å². The average Bonchev–Trinajstić information content (AvgIpc) is 2.74. The minimum Gasteiger partial charge on any atom is -0.446 e. The number of nitrogens with zero attached hydrogens (tertiary/aromatic N) is 1. The van der Waals surface area contributed by atoms with Gasteiger partial charge in [-0.1, -0.05) is 0 Å². The van der Waals surface area contributed by atoms with Crippen molar-refractivity contribution >= 4 is 49.0 Å². The van der Waals surface area contributed by atoms with Gasteiger partial charge in [0.15, 0.2) is 21.2 Å². The Morgan fingerprint density at radius 1 is 1.53 bits per heavy atom. The summed E-state index contributed by atoms with van der Waals surface area (Å²) in [5, 5.41) is 0.701. The highest BCUT2D eigenvalue weighted by molar-refractivity contribution is 9.13. The molecule has 0 aromatic carbocycles. The van der Waals surface area contributed by atoms with Crippen LogP contribution < -0.4 is 0 Å². The molecule has 6 heteroatoms. The molecule has 0 spiro atoms. The van der Waals surface area contributed by atoms with Gasteiger partial charge >= 0.3 is 0 Å². The Labute approximate surface area is 107 Å². The van der Waals surface area contributed by atoms with Crippen molar-refractivity contribution < 1.29 is 9.21 Å².